The fourth-order valence-corrected chi connectivity index (χ4v) is 3.51. The second-order valence-corrected chi connectivity index (χ2v) is 6.78. The summed E-state index contributed by atoms with van der Waals surface area (Å²) in [6.07, 6.45) is 5.25. The summed E-state index contributed by atoms with van der Waals surface area (Å²) < 4.78 is 1.86. The van der Waals surface area contributed by atoms with Crippen LogP contribution in [0.5, 0.6) is 0 Å². The summed E-state index contributed by atoms with van der Waals surface area (Å²) in [5.41, 5.74) is 1.94. The Balaban J connectivity index is 1.38. The Labute approximate surface area is 154 Å². The summed E-state index contributed by atoms with van der Waals surface area (Å²) in [5, 5.41) is 11.0. The van der Waals surface area contributed by atoms with Crippen LogP contribution in [0.25, 0.3) is 22.2 Å². The van der Waals surface area contributed by atoms with Crippen molar-refractivity contribution in [3.05, 3.63) is 83.6 Å². The van der Waals surface area contributed by atoms with Gasteiger partial charge in [0.2, 0.25) is 5.91 Å². The van der Waals surface area contributed by atoms with Gasteiger partial charge >= 0.3 is 0 Å². The molecule has 4 aromatic rings. The smallest absolute Gasteiger partial charge is 0.244 e. The van der Waals surface area contributed by atoms with Crippen LogP contribution in [0.15, 0.2) is 72.9 Å². The van der Waals surface area contributed by atoms with Gasteiger partial charge in [-0.15, -0.1) is 21.5 Å². The lowest BCUT2D eigenvalue weighted by atomic mass is 10.2. The molecule has 0 aliphatic heterocycles. The highest BCUT2D eigenvalue weighted by atomic mass is 32.1. The molecule has 5 nitrogen and oxygen atoms in total. The van der Waals surface area contributed by atoms with Gasteiger partial charge in [-0.25, -0.2) is 0 Å². The van der Waals surface area contributed by atoms with E-state index in [1.165, 1.54) is 10.4 Å². The molecular formula is C20H16N4OS. The minimum absolute atomic E-state index is 0.160. The van der Waals surface area contributed by atoms with E-state index in [1.54, 1.807) is 17.4 Å². The summed E-state index contributed by atoms with van der Waals surface area (Å²) in [6.45, 7) is 0.327. The van der Waals surface area contributed by atoms with Crippen molar-refractivity contribution in [3.63, 3.8) is 0 Å². The average Bonchev–Trinajstić information content (AvgIpc) is 3.33. The van der Waals surface area contributed by atoms with Gasteiger partial charge in [0.1, 0.15) is 0 Å². The van der Waals surface area contributed by atoms with Crippen LogP contribution in [-0.2, 0) is 11.3 Å². The monoisotopic (exact) mass is 360 g/mol. The lowest BCUT2D eigenvalue weighted by Gasteiger charge is -2.00. The van der Waals surface area contributed by atoms with Crippen molar-refractivity contribution < 1.29 is 4.79 Å². The number of pyridine rings is 1. The number of hydrogen-bond acceptors (Lipinski definition) is 4. The third-order valence-corrected chi connectivity index (χ3v) is 4.99. The first-order valence-electron chi connectivity index (χ1n) is 8.19. The van der Waals surface area contributed by atoms with Crippen molar-refractivity contribution in [2.24, 2.45) is 0 Å². The van der Waals surface area contributed by atoms with Gasteiger partial charge in [-0.05, 0) is 35.9 Å². The molecule has 128 valence electrons. The number of carbonyl (C=O) groups excluding carboxylic acids is 1. The maximum Gasteiger partial charge on any atom is 0.244 e. The molecule has 0 saturated carbocycles. The van der Waals surface area contributed by atoms with Gasteiger partial charge in [0.05, 0.1) is 6.54 Å². The molecule has 3 heterocycles. The number of thiophene rings is 1. The molecule has 26 heavy (non-hydrogen) atoms. The molecule has 0 atom stereocenters. The Bertz CT molecular complexity index is 1070. The predicted octanol–water partition coefficient (Wildman–Crippen LogP) is 3.79. The fraction of sp³-hybridized carbons (Fsp3) is 0.0500. The van der Waals surface area contributed by atoms with E-state index in [-0.39, 0.29) is 5.91 Å². The number of rotatable bonds is 5. The van der Waals surface area contributed by atoms with Gasteiger partial charge in [0.15, 0.2) is 11.5 Å². The van der Waals surface area contributed by atoms with Crippen LogP contribution in [0.4, 0.5) is 0 Å². The van der Waals surface area contributed by atoms with E-state index < -0.39 is 0 Å². The van der Waals surface area contributed by atoms with Crippen LogP contribution in [0.1, 0.15) is 10.7 Å². The zero-order chi connectivity index (χ0) is 17.8. The Kier molecular flexibility index (Phi) is 4.57. The third kappa shape index (κ3) is 3.55. The van der Waals surface area contributed by atoms with E-state index in [2.05, 4.69) is 33.7 Å². The van der Waals surface area contributed by atoms with Gasteiger partial charge in [0, 0.05) is 22.0 Å². The summed E-state index contributed by atoms with van der Waals surface area (Å²) >= 11 is 1.65. The fourth-order valence-electron chi connectivity index (χ4n) is 2.59. The maximum atomic E-state index is 12.1. The second kappa shape index (κ2) is 7.33. The zero-order valence-electron chi connectivity index (χ0n) is 13.9. The number of nitrogens with one attached hydrogen (secondary N) is 1. The van der Waals surface area contributed by atoms with Crippen molar-refractivity contribution in [1.29, 1.82) is 0 Å². The van der Waals surface area contributed by atoms with Crippen LogP contribution in [0, 0.1) is 0 Å². The Hall–Kier alpha value is -3.25. The van der Waals surface area contributed by atoms with Gasteiger partial charge in [-0.1, -0.05) is 36.4 Å². The van der Waals surface area contributed by atoms with Crippen molar-refractivity contribution in [1.82, 2.24) is 19.9 Å². The molecule has 0 aliphatic carbocycles. The summed E-state index contributed by atoms with van der Waals surface area (Å²) in [5.74, 6) is 0.539. The summed E-state index contributed by atoms with van der Waals surface area (Å²) in [7, 11) is 0. The van der Waals surface area contributed by atoms with E-state index >= 15 is 0 Å². The molecule has 0 bridgehead atoms. The molecule has 1 N–H and O–H groups in total. The standard InChI is InChI=1S/C20H16N4OS/c25-20(21-14-19-23-22-18-8-4-5-13-24(18)19)12-10-16-9-11-17(26-16)15-6-2-1-3-7-15/h1-13H,14H2,(H,21,25)/b12-10+. The number of carbonyl (C=O) groups is 1. The van der Waals surface area contributed by atoms with E-state index in [0.29, 0.717) is 12.4 Å². The first-order valence-corrected chi connectivity index (χ1v) is 9.01. The van der Waals surface area contributed by atoms with Gasteiger partial charge in [0.25, 0.3) is 0 Å². The minimum Gasteiger partial charge on any atom is -0.345 e. The second-order valence-electron chi connectivity index (χ2n) is 5.66. The van der Waals surface area contributed by atoms with Crippen LogP contribution in [-0.4, -0.2) is 20.5 Å². The van der Waals surface area contributed by atoms with E-state index in [4.69, 9.17) is 0 Å². The molecule has 3 aromatic heterocycles. The van der Waals surface area contributed by atoms with Crippen molar-refractivity contribution in [3.8, 4) is 10.4 Å². The quantitative estimate of drug-likeness (QED) is 0.551. The zero-order valence-corrected chi connectivity index (χ0v) is 14.7. The third-order valence-electron chi connectivity index (χ3n) is 3.89. The molecule has 0 aliphatic rings. The van der Waals surface area contributed by atoms with Crippen LogP contribution < -0.4 is 5.32 Å². The molecule has 0 spiro atoms. The molecule has 0 radical (unpaired) electrons. The summed E-state index contributed by atoms with van der Waals surface area (Å²) in [4.78, 5) is 14.3. The van der Waals surface area contributed by atoms with Gasteiger partial charge < -0.3 is 5.32 Å². The topological polar surface area (TPSA) is 59.3 Å². The normalized spacial score (nSPS) is 11.2. The molecule has 1 amide bonds. The predicted molar refractivity (Wildman–Crippen MR) is 104 cm³/mol. The number of aromatic nitrogens is 3. The van der Waals surface area contributed by atoms with Crippen molar-refractivity contribution in [2.45, 2.75) is 6.54 Å². The van der Waals surface area contributed by atoms with Crippen LogP contribution >= 0.6 is 11.3 Å². The van der Waals surface area contributed by atoms with Crippen LogP contribution in [0.3, 0.4) is 0 Å². The number of nitrogens with zero attached hydrogens (tertiary/aromatic N) is 3. The lowest BCUT2D eigenvalue weighted by Crippen LogP contribution is -2.21. The summed E-state index contributed by atoms with van der Waals surface area (Å²) in [6, 6.07) is 20.0. The molecule has 0 unspecified atom stereocenters. The van der Waals surface area contributed by atoms with E-state index in [1.807, 2.05) is 59.1 Å². The van der Waals surface area contributed by atoms with Crippen molar-refractivity contribution in [2.75, 3.05) is 0 Å². The Morgan fingerprint density at radius 2 is 1.88 bits per heavy atom. The highest BCUT2D eigenvalue weighted by Crippen LogP contribution is 2.28. The largest absolute Gasteiger partial charge is 0.345 e. The first-order chi connectivity index (χ1) is 12.8. The SMILES string of the molecule is O=C(/C=C/c1ccc(-c2ccccc2)s1)NCc1nnc2ccccn12. The maximum absolute atomic E-state index is 12.1. The number of hydrogen-bond donors (Lipinski definition) is 1. The number of benzene rings is 1. The highest BCUT2D eigenvalue weighted by molar-refractivity contribution is 7.16. The van der Waals surface area contributed by atoms with E-state index in [0.717, 1.165) is 10.5 Å². The van der Waals surface area contributed by atoms with E-state index in [9.17, 15) is 4.79 Å². The van der Waals surface area contributed by atoms with Gasteiger partial charge in [-0.2, -0.15) is 0 Å². The number of fused-ring (bicyclic) bond motifs is 1. The van der Waals surface area contributed by atoms with Gasteiger partial charge in [-0.3, -0.25) is 9.20 Å². The first kappa shape index (κ1) is 16.2. The molecule has 4 rings (SSSR count). The minimum atomic E-state index is -0.160. The molecule has 1 aromatic carbocycles. The Morgan fingerprint density at radius 3 is 2.77 bits per heavy atom. The average molecular weight is 360 g/mol. The van der Waals surface area contributed by atoms with Crippen molar-refractivity contribution >= 4 is 29.0 Å². The molecule has 0 fully saturated rings. The molecule has 6 heteroatoms. The van der Waals surface area contributed by atoms with Crippen LogP contribution in [0.2, 0.25) is 0 Å². The molecular weight excluding hydrogens is 344 g/mol. The lowest BCUT2D eigenvalue weighted by molar-refractivity contribution is -0.116. The highest BCUT2D eigenvalue weighted by Gasteiger charge is 2.05. The Morgan fingerprint density at radius 1 is 1.04 bits per heavy atom. The number of amides is 1. The molecule has 0 saturated heterocycles.